The van der Waals surface area contributed by atoms with E-state index in [1.54, 1.807) is 30.8 Å². The average Bonchev–Trinajstić information content (AvgIpc) is 2.28. The van der Waals surface area contributed by atoms with E-state index in [1.807, 2.05) is 13.2 Å². The third kappa shape index (κ3) is 4.07. The summed E-state index contributed by atoms with van der Waals surface area (Å²) < 4.78 is 0. The largest absolute Gasteiger partial charge is 0.478 e. The van der Waals surface area contributed by atoms with Gasteiger partial charge in [-0.2, -0.15) is 11.8 Å². The number of carbonyl (C=O) groups is 2. The SMILES string of the molecule is CSCC(C)NC(=O)c1cc(C)cc(C(=O)O)c1. The molecule has 0 spiro atoms. The fourth-order valence-electron chi connectivity index (χ4n) is 1.64. The summed E-state index contributed by atoms with van der Waals surface area (Å²) in [4.78, 5) is 22.9. The molecule has 0 aliphatic carbocycles. The smallest absolute Gasteiger partial charge is 0.335 e. The predicted octanol–water partition coefficient (Wildman–Crippen LogP) is 2.17. The van der Waals surface area contributed by atoms with Crippen molar-refractivity contribution in [1.82, 2.24) is 5.32 Å². The van der Waals surface area contributed by atoms with Crippen molar-refractivity contribution in [2.75, 3.05) is 12.0 Å². The summed E-state index contributed by atoms with van der Waals surface area (Å²) in [6.45, 7) is 3.69. The highest BCUT2D eigenvalue weighted by atomic mass is 32.2. The fourth-order valence-corrected chi connectivity index (χ4v) is 2.22. The number of nitrogens with one attached hydrogen (secondary N) is 1. The lowest BCUT2D eigenvalue weighted by atomic mass is 10.1. The Hall–Kier alpha value is -1.49. The van der Waals surface area contributed by atoms with Crippen LogP contribution in [0.5, 0.6) is 0 Å². The second-order valence-corrected chi connectivity index (χ2v) is 5.13. The van der Waals surface area contributed by atoms with E-state index in [0.29, 0.717) is 5.56 Å². The Morgan fingerprint density at radius 3 is 2.50 bits per heavy atom. The maximum Gasteiger partial charge on any atom is 0.335 e. The zero-order valence-electron chi connectivity index (χ0n) is 10.7. The van der Waals surface area contributed by atoms with Crippen molar-refractivity contribution >= 4 is 23.6 Å². The summed E-state index contributed by atoms with van der Waals surface area (Å²) in [6, 6.07) is 4.69. The van der Waals surface area contributed by atoms with Gasteiger partial charge in [-0.05, 0) is 43.9 Å². The number of hydrogen-bond acceptors (Lipinski definition) is 3. The molecule has 0 radical (unpaired) electrons. The van der Waals surface area contributed by atoms with Crippen LogP contribution in [0.2, 0.25) is 0 Å². The number of amides is 1. The van der Waals surface area contributed by atoms with Crippen LogP contribution < -0.4 is 5.32 Å². The molecule has 0 heterocycles. The topological polar surface area (TPSA) is 66.4 Å². The molecule has 0 saturated heterocycles. The van der Waals surface area contributed by atoms with Crippen LogP contribution in [0.25, 0.3) is 0 Å². The molecule has 0 fully saturated rings. The minimum atomic E-state index is -1.02. The van der Waals surface area contributed by atoms with E-state index in [9.17, 15) is 9.59 Å². The van der Waals surface area contributed by atoms with E-state index in [4.69, 9.17) is 5.11 Å². The van der Waals surface area contributed by atoms with Crippen LogP contribution >= 0.6 is 11.8 Å². The molecule has 0 aliphatic rings. The predicted molar refractivity (Wildman–Crippen MR) is 73.4 cm³/mol. The Labute approximate surface area is 111 Å². The van der Waals surface area contributed by atoms with Crippen LogP contribution in [0.1, 0.15) is 33.2 Å². The first-order valence-electron chi connectivity index (χ1n) is 5.59. The summed E-state index contributed by atoms with van der Waals surface area (Å²) >= 11 is 1.65. The lowest BCUT2D eigenvalue weighted by molar-refractivity contribution is 0.0696. The monoisotopic (exact) mass is 267 g/mol. The number of carboxylic acids is 1. The highest BCUT2D eigenvalue weighted by Crippen LogP contribution is 2.10. The van der Waals surface area contributed by atoms with Crippen LogP contribution in [0.3, 0.4) is 0 Å². The van der Waals surface area contributed by atoms with Crippen LogP contribution in [0.4, 0.5) is 0 Å². The van der Waals surface area contributed by atoms with Crippen LogP contribution in [0.15, 0.2) is 18.2 Å². The normalized spacial score (nSPS) is 11.9. The third-order valence-corrected chi connectivity index (χ3v) is 3.21. The average molecular weight is 267 g/mol. The van der Waals surface area contributed by atoms with Crippen LogP contribution in [-0.2, 0) is 0 Å². The molecule has 0 aliphatic heterocycles. The molecule has 0 bridgehead atoms. The van der Waals surface area contributed by atoms with Gasteiger partial charge in [0.15, 0.2) is 0 Å². The van der Waals surface area contributed by atoms with Crippen molar-refractivity contribution in [2.45, 2.75) is 19.9 Å². The molecule has 2 N–H and O–H groups in total. The molecule has 0 saturated carbocycles. The Bertz CT molecular complexity index is 460. The molecule has 1 aromatic rings. The van der Waals surface area contributed by atoms with Gasteiger partial charge in [0.1, 0.15) is 0 Å². The van der Waals surface area contributed by atoms with Gasteiger partial charge < -0.3 is 10.4 Å². The van der Waals surface area contributed by atoms with Crippen molar-refractivity contribution in [2.24, 2.45) is 0 Å². The molecule has 98 valence electrons. The summed E-state index contributed by atoms with van der Waals surface area (Å²) in [7, 11) is 0. The Morgan fingerprint density at radius 2 is 1.94 bits per heavy atom. The second-order valence-electron chi connectivity index (χ2n) is 4.22. The highest BCUT2D eigenvalue weighted by molar-refractivity contribution is 7.98. The van der Waals surface area contributed by atoms with Crippen LogP contribution in [0, 0.1) is 6.92 Å². The van der Waals surface area contributed by atoms with Crippen molar-refractivity contribution < 1.29 is 14.7 Å². The molecule has 1 atom stereocenters. The van der Waals surface area contributed by atoms with Crippen LogP contribution in [-0.4, -0.2) is 35.0 Å². The summed E-state index contributed by atoms with van der Waals surface area (Å²) in [6.07, 6.45) is 1.97. The van der Waals surface area contributed by atoms with Gasteiger partial charge in [-0.1, -0.05) is 0 Å². The quantitative estimate of drug-likeness (QED) is 0.858. The number of carbonyl (C=O) groups excluding carboxylic acids is 1. The molecule has 0 aromatic heterocycles. The van der Waals surface area contributed by atoms with E-state index >= 15 is 0 Å². The minimum Gasteiger partial charge on any atom is -0.478 e. The van der Waals surface area contributed by atoms with Gasteiger partial charge in [0.05, 0.1) is 5.56 Å². The fraction of sp³-hybridized carbons (Fsp3) is 0.385. The van der Waals surface area contributed by atoms with Crippen molar-refractivity contribution in [3.05, 3.63) is 34.9 Å². The Balaban J connectivity index is 2.88. The Morgan fingerprint density at radius 1 is 1.33 bits per heavy atom. The van der Waals surface area contributed by atoms with E-state index in [0.717, 1.165) is 11.3 Å². The number of aromatic carboxylic acids is 1. The van der Waals surface area contributed by atoms with E-state index in [2.05, 4.69) is 5.32 Å². The van der Waals surface area contributed by atoms with E-state index in [-0.39, 0.29) is 17.5 Å². The summed E-state index contributed by atoms with van der Waals surface area (Å²) in [5.74, 6) is -0.434. The minimum absolute atomic E-state index is 0.0568. The van der Waals surface area contributed by atoms with Gasteiger partial charge in [-0.3, -0.25) is 4.79 Å². The van der Waals surface area contributed by atoms with E-state index in [1.165, 1.54) is 6.07 Å². The summed E-state index contributed by atoms with van der Waals surface area (Å²) in [5, 5.41) is 11.8. The van der Waals surface area contributed by atoms with Gasteiger partial charge in [0.2, 0.25) is 0 Å². The first-order chi connectivity index (χ1) is 8.43. The number of aryl methyl sites for hydroxylation is 1. The molecule has 1 rings (SSSR count). The lowest BCUT2D eigenvalue weighted by Gasteiger charge is -2.13. The zero-order valence-corrected chi connectivity index (χ0v) is 11.5. The lowest BCUT2D eigenvalue weighted by Crippen LogP contribution is -2.34. The van der Waals surface area contributed by atoms with Gasteiger partial charge in [-0.25, -0.2) is 4.79 Å². The second kappa shape index (κ2) is 6.44. The molecule has 5 heteroatoms. The van der Waals surface area contributed by atoms with Gasteiger partial charge in [-0.15, -0.1) is 0 Å². The number of hydrogen-bond donors (Lipinski definition) is 2. The first kappa shape index (κ1) is 14.6. The van der Waals surface area contributed by atoms with Crippen molar-refractivity contribution in [1.29, 1.82) is 0 Å². The summed E-state index contributed by atoms with van der Waals surface area (Å²) in [5.41, 5.74) is 1.29. The van der Waals surface area contributed by atoms with Gasteiger partial charge >= 0.3 is 5.97 Å². The molecule has 1 aromatic carbocycles. The number of benzene rings is 1. The number of thioether (sulfide) groups is 1. The number of carboxylic acid groups (broad SMARTS) is 1. The van der Waals surface area contributed by atoms with E-state index < -0.39 is 5.97 Å². The third-order valence-electron chi connectivity index (χ3n) is 2.38. The maximum atomic E-state index is 11.9. The zero-order chi connectivity index (χ0) is 13.7. The highest BCUT2D eigenvalue weighted by Gasteiger charge is 2.12. The molecule has 1 unspecified atom stereocenters. The van der Waals surface area contributed by atoms with Gasteiger partial charge in [0.25, 0.3) is 5.91 Å². The molecular weight excluding hydrogens is 250 g/mol. The molecule has 18 heavy (non-hydrogen) atoms. The molecular formula is C13H17NO3S. The molecule has 1 amide bonds. The van der Waals surface area contributed by atoms with Gasteiger partial charge in [0, 0.05) is 17.4 Å². The maximum absolute atomic E-state index is 11.9. The Kier molecular flexibility index (Phi) is 5.22. The number of rotatable bonds is 5. The van der Waals surface area contributed by atoms with Crippen molar-refractivity contribution in [3.8, 4) is 0 Å². The first-order valence-corrected chi connectivity index (χ1v) is 6.98. The van der Waals surface area contributed by atoms with Crippen molar-refractivity contribution in [3.63, 3.8) is 0 Å². The molecule has 4 nitrogen and oxygen atoms in total. The standard InChI is InChI=1S/C13H17NO3S/c1-8-4-10(6-11(5-8)13(16)17)12(15)14-9(2)7-18-3/h4-6,9H,7H2,1-3H3,(H,14,15)(H,16,17).